The van der Waals surface area contributed by atoms with Crippen LogP contribution in [0.4, 0.5) is 5.69 Å². The maximum absolute atomic E-state index is 13.8. The molecule has 0 unspecified atom stereocenters. The van der Waals surface area contributed by atoms with Crippen LogP contribution in [0.25, 0.3) is 0 Å². The molecule has 0 aromatic heterocycles. The summed E-state index contributed by atoms with van der Waals surface area (Å²) in [5.41, 5.74) is -2.29. The van der Waals surface area contributed by atoms with Crippen molar-refractivity contribution in [1.29, 1.82) is 0 Å². The van der Waals surface area contributed by atoms with Crippen molar-refractivity contribution in [1.82, 2.24) is 4.90 Å². The van der Waals surface area contributed by atoms with Gasteiger partial charge in [-0.1, -0.05) is 62.4 Å². The second-order valence-corrected chi connectivity index (χ2v) is 9.36. The van der Waals surface area contributed by atoms with Gasteiger partial charge in [0.15, 0.2) is 11.8 Å². The second-order valence-electron chi connectivity index (χ2n) is 9.36. The lowest BCUT2D eigenvalue weighted by atomic mass is 9.68. The Kier molecular flexibility index (Phi) is 4.24. The minimum Gasteiger partial charge on any atom is -0.506 e. The van der Waals surface area contributed by atoms with E-state index in [1.165, 1.54) is 11.0 Å². The summed E-state index contributed by atoms with van der Waals surface area (Å²) in [5, 5.41) is 25.9. The zero-order chi connectivity index (χ0) is 22.9. The van der Waals surface area contributed by atoms with Crippen LogP contribution in [-0.4, -0.2) is 44.8 Å². The van der Waals surface area contributed by atoms with Crippen molar-refractivity contribution in [3.8, 4) is 5.75 Å². The van der Waals surface area contributed by atoms with E-state index >= 15 is 0 Å². The molecule has 2 fully saturated rings. The molecule has 7 heteroatoms. The molecule has 0 bridgehead atoms. The fourth-order valence-corrected chi connectivity index (χ4v) is 5.66. The van der Waals surface area contributed by atoms with E-state index in [2.05, 4.69) is 11.9 Å². The number of fused-ring (bicyclic) bond motifs is 5. The zero-order valence-electron chi connectivity index (χ0n) is 18.0. The molecule has 7 nitrogen and oxygen atoms in total. The van der Waals surface area contributed by atoms with Gasteiger partial charge in [-0.3, -0.25) is 9.69 Å². The van der Waals surface area contributed by atoms with Crippen molar-refractivity contribution in [2.24, 2.45) is 5.41 Å². The SMILES string of the molecule is C=CC(C)(C)[C@]12Nc3c(O)cccc3[C@@]1(O)C[C@H]1C(=O)O[C@@H](Cc3ccccc3)C(=O)N12. The van der Waals surface area contributed by atoms with E-state index < -0.39 is 34.8 Å². The van der Waals surface area contributed by atoms with E-state index in [0.29, 0.717) is 11.3 Å². The standard InChI is InChI=1S/C25H26N2O5/c1-4-23(2,3)25-24(31,16-11-8-12-18(28)20(16)26-25)14-17-22(30)32-19(21(29)27(17)25)13-15-9-6-5-7-10-15/h4-12,17,19,26,28,31H,1,13-14H2,2-3H3/t17-,19-,24-,25+/m0/s1. The lowest BCUT2D eigenvalue weighted by Crippen LogP contribution is -2.71. The molecule has 0 spiro atoms. The first-order valence-corrected chi connectivity index (χ1v) is 10.7. The fraction of sp³-hybridized carbons (Fsp3) is 0.360. The normalized spacial score (nSPS) is 30.8. The lowest BCUT2D eigenvalue weighted by molar-refractivity contribution is -0.185. The first-order valence-electron chi connectivity index (χ1n) is 10.7. The van der Waals surface area contributed by atoms with Crippen molar-refractivity contribution < 1.29 is 24.5 Å². The number of nitrogens with one attached hydrogen (secondary N) is 1. The third-order valence-corrected chi connectivity index (χ3v) is 7.30. The number of phenols is 1. The number of phenolic OH excluding ortho intramolecular Hbond substituents is 1. The Bertz CT molecular complexity index is 1130. The van der Waals surface area contributed by atoms with Gasteiger partial charge in [-0.25, -0.2) is 4.79 Å². The van der Waals surface area contributed by atoms with Crippen LogP contribution in [0, 0.1) is 5.41 Å². The van der Waals surface area contributed by atoms with E-state index in [9.17, 15) is 19.8 Å². The molecule has 1 amide bonds. The Balaban J connectivity index is 1.67. The molecule has 2 saturated heterocycles. The Hall–Kier alpha value is -3.32. The second kappa shape index (κ2) is 6.59. The molecule has 0 radical (unpaired) electrons. The van der Waals surface area contributed by atoms with Gasteiger partial charge in [-0.2, -0.15) is 0 Å². The average Bonchev–Trinajstić information content (AvgIpc) is 3.20. The molecule has 0 saturated carbocycles. The molecule has 2 aromatic carbocycles. The Morgan fingerprint density at radius 2 is 1.94 bits per heavy atom. The number of aliphatic hydroxyl groups is 1. The molecule has 166 valence electrons. The van der Waals surface area contributed by atoms with Crippen molar-refractivity contribution >= 4 is 17.6 Å². The Morgan fingerprint density at radius 3 is 2.62 bits per heavy atom. The maximum atomic E-state index is 13.8. The van der Waals surface area contributed by atoms with Gasteiger partial charge in [-0.15, -0.1) is 6.58 Å². The number of cyclic esters (lactones) is 1. The summed E-state index contributed by atoms with van der Waals surface area (Å²) in [7, 11) is 0. The Morgan fingerprint density at radius 1 is 1.22 bits per heavy atom. The topological polar surface area (TPSA) is 99.1 Å². The molecule has 3 aliphatic heterocycles. The van der Waals surface area contributed by atoms with E-state index in [4.69, 9.17) is 4.74 Å². The highest BCUT2D eigenvalue weighted by atomic mass is 16.6. The minimum atomic E-state index is -1.64. The number of esters is 1. The van der Waals surface area contributed by atoms with Crippen LogP contribution in [0.15, 0.2) is 61.2 Å². The largest absolute Gasteiger partial charge is 0.506 e. The minimum absolute atomic E-state index is 0.0333. The smallest absolute Gasteiger partial charge is 0.329 e. The third-order valence-electron chi connectivity index (χ3n) is 7.30. The molecule has 2 aromatic rings. The van der Waals surface area contributed by atoms with Crippen LogP contribution < -0.4 is 5.32 Å². The fourth-order valence-electron chi connectivity index (χ4n) is 5.66. The number of nitrogens with zero attached hydrogens (tertiary/aromatic N) is 1. The van der Waals surface area contributed by atoms with Gasteiger partial charge in [0, 0.05) is 23.8 Å². The monoisotopic (exact) mass is 434 g/mol. The van der Waals surface area contributed by atoms with E-state index in [1.807, 2.05) is 44.2 Å². The van der Waals surface area contributed by atoms with Crippen molar-refractivity contribution in [2.45, 2.75) is 50.1 Å². The van der Waals surface area contributed by atoms with Gasteiger partial charge in [0.05, 0.1) is 5.69 Å². The van der Waals surface area contributed by atoms with Crippen LogP contribution in [0.3, 0.4) is 0 Å². The summed E-state index contributed by atoms with van der Waals surface area (Å²) in [4.78, 5) is 28.4. The number of anilines is 1. The van der Waals surface area contributed by atoms with Gasteiger partial charge < -0.3 is 20.3 Å². The van der Waals surface area contributed by atoms with Crippen LogP contribution in [0.2, 0.25) is 0 Å². The van der Waals surface area contributed by atoms with Crippen LogP contribution >= 0.6 is 0 Å². The van der Waals surface area contributed by atoms with Crippen molar-refractivity contribution in [3.05, 3.63) is 72.3 Å². The van der Waals surface area contributed by atoms with Gasteiger partial charge in [0.2, 0.25) is 0 Å². The van der Waals surface area contributed by atoms with E-state index in [-0.39, 0.29) is 24.5 Å². The number of hydrogen-bond donors (Lipinski definition) is 3. The summed E-state index contributed by atoms with van der Waals surface area (Å²) in [6.07, 6.45) is 0.835. The highest BCUT2D eigenvalue weighted by Crippen LogP contribution is 2.64. The van der Waals surface area contributed by atoms with Gasteiger partial charge in [0.1, 0.15) is 17.4 Å². The quantitative estimate of drug-likeness (QED) is 0.389. The summed E-state index contributed by atoms with van der Waals surface area (Å²) in [6, 6.07) is 13.3. The first-order chi connectivity index (χ1) is 15.2. The number of aromatic hydroxyl groups is 1. The van der Waals surface area contributed by atoms with Crippen LogP contribution in [-0.2, 0) is 26.3 Å². The number of rotatable bonds is 4. The van der Waals surface area contributed by atoms with E-state index in [1.54, 1.807) is 18.2 Å². The number of carbonyl (C=O) groups is 2. The molecule has 3 N–H and O–H groups in total. The van der Waals surface area contributed by atoms with Crippen molar-refractivity contribution in [2.75, 3.05) is 5.32 Å². The number of carbonyl (C=O) groups excluding carboxylic acids is 2. The maximum Gasteiger partial charge on any atom is 0.329 e. The molecule has 0 aliphatic carbocycles. The number of morpholine rings is 1. The van der Waals surface area contributed by atoms with Gasteiger partial charge in [-0.05, 0) is 11.6 Å². The summed E-state index contributed by atoms with van der Waals surface area (Å²) < 4.78 is 5.59. The van der Waals surface area contributed by atoms with Gasteiger partial charge in [0.25, 0.3) is 5.91 Å². The molecule has 5 rings (SSSR count). The molecule has 32 heavy (non-hydrogen) atoms. The molecule has 4 atom stereocenters. The molecule has 3 heterocycles. The van der Waals surface area contributed by atoms with Crippen LogP contribution in [0.1, 0.15) is 31.4 Å². The van der Waals surface area contributed by atoms with E-state index in [0.717, 1.165) is 5.56 Å². The summed E-state index contributed by atoms with van der Waals surface area (Å²) >= 11 is 0. The molecular formula is C25H26N2O5. The molecular weight excluding hydrogens is 408 g/mol. The third kappa shape index (κ3) is 2.40. The molecule has 3 aliphatic rings. The predicted octanol–water partition coefficient (Wildman–Crippen LogP) is 2.68. The highest BCUT2D eigenvalue weighted by molar-refractivity contribution is 5.96. The number of para-hydroxylation sites is 1. The number of benzene rings is 2. The lowest BCUT2D eigenvalue weighted by Gasteiger charge is -2.53. The zero-order valence-corrected chi connectivity index (χ0v) is 18.0. The van der Waals surface area contributed by atoms with Crippen LogP contribution in [0.5, 0.6) is 5.75 Å². The Labute approximate surface area is 186 Å². The number of ether oxygens (including phenoxy) is 1. The summed E-state index contributed by atoms with van der Waals surface area (Å²) in [6.45, 7) is 7.65. The summed E-state index contributed by atoms with van der Waals surface area (Å²) in [5.74, 6) is -0.964. The average molecular weight is 434 g/mol. The number of hydrogen-bond acceptors (Lipinski definition) is 6. The first kappa shape index (κ1) is 20.6. The highest BCUT2D eigenvalue weighted by Gasteiger charge is 2.76. The van der Waals surface area contributed by atoms with Gasteiger partial charge >= 0.3 is 5.97 Å². The predicted molar refractivity (Wildman–Crippen MR) is 118 cm³/mol. The van der Waals surface area contributed by atoms with Crippen molar-refractivity contribution in [3.63, 3.8) is 0 Å². The number of amides is 1.